The highest BCUT2D eigenvalue weighted by molar-refractivity contribution is 5.31. The number of benzene rings is 1. The van der Waals surface area contributed by atoms with Gasteiger partial charge in [-0.15, -0.1) is 10.2 Å². The average Bonchev–Trinajstić information content (AvgIpc) is 2.88. The van der Waals surface area contributed by atoms with E-state index in [1.165, 1.54) is 11.1 Å². The Morgan fingerprint density at radius 3 is 2.71 bits per heavy atom. The molecule has 0 amide bonds. The predicted octanol–water partition coefficient (Wildman–Crippen LogP) is 2.67. The largest absolute Gasteiger partial charge is 0.324 e. The number of hydrogen-bond donors (Lipinski definition) is 1. The zero-order valence-corrected chi connectivity index (χ0v) is 12.9. The van der Waals surface area contributed by atoms with Crippen molar-refractivity contribution in [2.24, 2.45) is 11.7 Å². The quantitative estimate of drug-likeness (QED) is 0.939. The van der Waals surface area contributed by atoms with E-state index in [-0.39, 0.29) is 0 Å². The van der Waals surface area contributed by atoms with Gasteiger partial charge < -0.3 is 10.3 Å². The van der Waals surface area contributed by atoms with E-state index in [0.717, 1.165) is 37.5 Å². The summed E-state index contributed by atoms with van der Waals surface area (Å²) in [4.78, 5) is 0. The third-order valence-electron chi connectivity index (χ3n) is 4.30. The van der Waals surface area contributed by atoms with Gasteiger partial charge in [0.05, 0.1) is 6.54 Å². The number of rotatable bonds is 4. The predicted molar refractivity (Wildman–Crippen MR) is 84.0 cm³/mol. The Labute approximate surface area is 126 Å². The van der Waals surface area contributed by atoms with Crippen LogP contribution in [-0.2, 0) is 25.9 Å². The molecule has 1 aromatic carbocycles. The number of aromatic nitrogens is 3. The smallest absolute Gasteiger partial charge is 0.146 e. The first kappa shape index (κ1) is 14.3. The van der Waals surface area contributed by atoms with Crippen LogP contribution in [-0.4, -0.2) is 14.8 Å². The monoisotopic (exact) mass is 284 g/mol. The first-order chi connectivity index (χ1) is 10.2. The van der Waals surface area contributed by atoms with Gasteiger partial charge in [0.1, 0.15) is 11.6 Å². The summed E-state index contributed by atoms with van der Waals surface area (Å²) in [5, 5.41) is 8.78. The molecule has 0 fully saturated rings. The summed E-state index contributed by atoms with van der Waals surface area (Å²) < 4.78 is 2.25. The van der Waals surface area contributed by atoms with Crippen molar-refractivity contribution in [1.29, 1.82) is 0 Å². The van der Waals surface area contributed by atoms with E-state index in [0.29, 0.717) is 18.4 Å². The van der Waals surface area contributed by atoms with Gasteiger partial charge in [0.2, 0.25) is 0 Å². The number of nitrogens with two attached hydrogens (primary N) is 1. The van der Waals surface area contributed by atoms with Crippen molar-refractivity contribution in [1.82, 2.24) is 14.8 Å². The molecule has 1 unspecified atom stereocenters. The molecule has 1 aliphatic carbocycles. The van der Waals surface area contributed by atoms with E-state index in [2.05, 4.69) is 52.9 Å². The fraction of sp³-hybridized carbons (Fsp3) is 0.529. The first-order valence-electron chi connectivity index (χ1n) is 7.88. The second-order valence-corrected chi connectivity index (χ2v) is 6.39. The highest BCUT2D eigenvalue weighted by Crippen LogP contribution is 2.32. The van der Waals surface area contributed by atoms with Crippen LogP contribution in [0.3, 0.4) is 0 Å². The van der Waals surface area contributed by atoms with Crippen LogP contribution in [0.5, 0.6) is 0 Å². The van der Waals surface area contributed by atoms with E-state index in [1.807, 2.05) is 0 Å². The molecular weight excluding hydrogens is 260 g/mol. The summed E-state index contributed by atoms with van der Waals surface area (Å²) in [6.45, 7) is 5.86. The topological polar surface area (TPSA) is 56.7 Å². The molecule has 0 saturated heterocycles. The van der Waals surface area contributed by atoms with Gasteiger partial charge >= 0.3 is 0 Å². The molecule has 0 aliphatic heterocycles. The molecule has 1 atom stereocenters. The molecule has 2 aromatic rings. The standard InChI is InChI=1S/C17H24N4/c1-12(2)11-21-16(10-18)19-20-17(21)15-8-7-13-5-3-4-6-14(13)9-15/h3-6,12,15H,7-11,18H2,1-2H3. The fourth-order valence-corrected chi connectivity index (χ4v) is 3.28. The summed E-state index contributed by atoms with van der Waals surface area (Å²) in [5.74, 6) is 3.07. The SMILES string of the molecule is CC(C)Cn1c(CN)nnc1C1CCc2ccccc2C1. The van der Waals surface area contributed by atoms with Crippen LogP contribution in [0.25, 0.3) is 0 Å². The van der Waals surface area contributed by atoms with Crippen LogP contribution in [0, 0.1) is 5.92 Å². The summed E-state index contributed by atoms with van der Waals surface area (Å²) >= 11 is 0. The first-order valence-corrected chi connectivity index (χ1v) is 7.88. The molecule has 3 rings (SSSR count). The molecule has 112 valence electrons. The van der Waals surface area contributed by atoms with Crippen LogP contribution in [0.15, 0.2) is 24.3 Å². The Kier molecular flexibility index (Phi) is 4.06. The van der Waals surface area contributed by atoms with Gasteiger partial charge in [-0.05, 0) is 36.3 Å². The second-order valence-electron chi connectivity index (χ2n) is 6.39. The average molecular weight is 284 g/mol. The van der Waals surface area contributed by atoms with Crippen molar-refractivity contribution in [2.75, 3.05) is 0 Å². The Bertz CT molecular complexity index is 615. The number of hydrogen-bond acceptors (Lipinski definition) is 3. The molecule has 1 aliphatic rings. The van der Waals surface area contributed by atoms with Crippen molar-refractivity contribution in [3.05, 3.63) is 47.0 Å². The second kappa shape index (κ2) is 5.98. The Morgan fingerprint density at radius 1 is 1.24 bits per heavy atom. The molecule has 1 heterocycles. The molecule has 0 radical (unpaired) electrons. The lowest BCUT2D eigenvalue weighted by Gasteiger charge is -2.25. The summed E-state index contributed by atoms with van der Waals surface area (Å²) in [6, 6.07) is 8.75. The lowest BCUT2D eigenvalue weighted by molar-refractivity contribution is 0.457. The van der Waals surface area contributed by atoms with Crippen molar-refractivity contribution < 1.29 is 0 Å². The Hall–Kier alpha value is -1.68. The summed E-state index contributed by atoms with van der Waals surface area (Å²) in [7, 11) is 0. The lowest BCUT2D eigenvalue weighted by Crippen LogP contribution is -2.20. The van der Waals surface area contributed by atoms with E-state index in [4.69, 9.17) is 5.73 Å². The van der Waals surface area contributed by atoms with Crippen molar-refractivity contribution in [3.63, 3.8) is 0 Å². The van der Waals surface area contributed by atoms with E-state index in [1.54, 1.807) is 0 Å². The maximum atomic E-state index is 5.82. The third-order valence-corrected chi connectivity index (χ3v) is 4.30. The lowest BCUT2D eigenvalue weighted by atomic mass is 9.83. The molecule has 2 N–H and O–H groups in total. The van der Waals surface area contributed by atoms with Gasteiger partial charge in [-0.2, -0.15) is 0 Å². The maximum Gasteiger partial charge on any atom is 0.146 e. The van der Waals surface area contributed by atoms with Gasteiger partial charge in [-0.25, -0.2) is 0 Å². The minimum atomic E-state index is 0.461. The van der Waals surface area contributed by atoms with Crippen LogP contribution in [0.2, 0.25) is 0 Å². The Balaban J connectivity index is 1.89. The number of aryl methyl sites for hydroxylation is 1. The summed E-state index contributed by atoms with van der Waals surface area (Å²) in [5.41, 5.74) is 8.77. The zero-order chi connectivity index (χ0) is 14.8. The minimum Gasteiger partial charge on any atom is -0.324 e. The molecule has 0 saturated carbocycles. The maximum absolute atomic E-state index is 5.82. The molecule has 4 nitrogen and oxygen atoms in total. The molecule has 21 heavy (non-hydrogen) atoms. The van der Waals surface area contributed by atoms with Crippen LogP contribution in [0.1, 0.15) is 49.0 Å². The van der Waals surface area contributed by atoms with Crippen molar-refractivity contribution in [2.45, 2.75) is 52.1 Å². The van der Waals surface area contributed by atoms with E-state index in [9.17, 15) is 0 Å². The zero-order valence-electron chi connectivity index (χ0n) is 12.9. The minimum absolute atomic E-state index is 0.461. The highest BCUT2D eigenvalue weighted by atomic mass is 15.3. The molecular formula is C17H24N4. The number of nitrogens with zero attached hydrogens (tertiary/aromatic N) is 3. The molecule has 0 spiro atoms. The molecule has 1 aromatic heterocycles. The van der Waals surface area contributed by atoms with Gasteiger partial charge in [-0.3, -0.25) is 0 Å². The summed E-state index contributed by atoms with van der Waals surface area (Å²) in [6.07, 6.45) is 3.35. The van der Waals surface area contributed by atoms with Gasteiger partial charge in [0, 0.05) is 12.5 Å². The highest BCUT2D eigenvalue weighted by Gasteiger charge is 2.25. The number of fused-ring (bicyclic) bond motifs is 1. The van der Waals surface area contributed by atoms with Gasteiger partial charge in [-0.1, -0.05) is 38.1 Å². The van der Waals surface area contributed by atoms with Gasteiger partial charge in [0.15, 0.2) is 0 Å². The van der Waals surface area contributed by atoms with Crippen LogP contribution in [0.4, 0.5) is 0 Å². The normalized spacial score (nSPS) is 18.0. The molecule has 4 heteroatoms. The third kappa shape index (κ3) is 2.86. The Morgan fingerprint density at radius 2 is 2.00 bits per heavy atom. The molecule has 0 bridgehead atoms. The van der Waals surface area contributed by atoms with Crippen LogP contribution < -0.4 is 5.73 Å². The fourth-order valence-electron chi connectivity index (χ4n) is 3.28. The van der Waals surface area contributed by atoms with Crippen LogP contribution >= 0.6 is 0 Å². The van der Waals surface area contributed by atoms with Crippen molar-refractivity contribution in [3.8, 4) is 0 Å². The van der Waals surface area contributed by atoms with Gasteiger partial charge in [0.25, 0.3) is 0 Å². The van der Waals surface area contributed by atoms with Crippen molar-refractivity contribution >= 4 is 0 Å². The van der Waals surface area contributed by atoms with E-state index < -0.39 is 0 Å². The van der Waals surface area contributed by atoms with E-state index >= 15 is 0 Å².